The van der Waals surface area contributed by atoms with Crippen molar-refractivity contribution in [3.63, 3.8) is 0 Å². The molecule has 0 spiro atoms. The van der Waals surface area contributed by atoms with E-state index >= 15 is 0 Å². The van der Waals surface area contributed by atoms with Gasteiger partial charge in [-0.1, -0.05) is 6.07 Å². The Morgan fingerprint density at radius 3 is 2.73 bits per heavy atom. The van der Waals surface area contributed by atoms with Crippen LogP contribution in [-0.2, 0) is 20.7 Å². The van der Waals surface area contributed by atoms with Crippen molar-refractivity contribution in [3.8, 4) is 0 Å². The van der Waals surface area contributed by atoms with Crippen molar-refractivity contribution in [2.45, 2.75) is 12.5 Å². The minimum atomic E-state index is -1.40. The van der Waals surface area contributed by atoms with Gasteiger partial charge >= 0.3 is 5.97 Å². The number of carbonyl (C=O) groups is 2. The fourth-order valence-electron chi connectivity index (χ4n) is 1.90. The maximum absolute atomic E-state index is 13.8. The van der Waals surface area contributed by atoms with E-state index in [1.54, 1.807) is 12.1 Å². The first kappa shape index (κ1) is 16.1. The molecule has 1 unspecified atom stereocenters. The molecule has 116 valence electrons. The van der Waals surface area contributed by atoms with E-state index in [0.717, 1.165) is 30.2 Å². The lowest BCUT2D eigenvalue weighted by Gasteiger charge is -2.17. The summed E-state index contributed by atoms with van der Waals surface area (Å²) in [5.74, 6) is -2.86. The number of ether oxygens (including phenoxy) is 1. The number of carbonyl (C=O) groups excluding carboxylic acids is 2. The Morgan fingerprint density at radius 2 is 2.09 bits per heavy atom. The molecule has 1 aromatic heterocycles. The van der Waals surface area contributed by atoms with Gasteiger partial charge < -0.3 is 10.1 Å². The predicted octanol–water partition coefficient (Wildman–Crippen LogP) is 2.60. The fourth-order valence-corrected chi connectivity index (χ4v) is 2.60. The molecule has 2 aromatic rings. The minimum Gasteiger partial charge on any atom is -0.467 e. The molecule has 0 saturated heterocycles. The smallest absolute Gasteiger partial charge is 0.333 e. The number of hydrogen-bond donors (Lipinski definition) is 1. The summed E-state index contributed by atoms with van der Waals surface area (Å²) in [4.78, 5) is 24.6. The number of rotatable bonds is 5. The molecule has 1 atom stereocenters. The van der Waals surface area contributed by atoms with Crippen molar-refractivity contribution in [2.75, 3.05) is 7.11 Å². The summed E-state index contributed by atoms with van der Waals surface area (Å²) < 4.78 is 31.7. The largest absolute Gasteiger partial charge is 0.467 e. The van der Waals surface area contributed by atoms with E-state index in [1.165, 1.54) is 11.3 Å². The second kappa shape index (κ2) is 7.13. The first-order valence-electron chi connectivity index (χ1n) is 6.35. The lowest BCUT2D eigenvalue weighted by molar-refractivity contribution is -0.145. The zero-order valence-corrected chi connectivity index (χ0v) is 12.5. The molecule has 2 rings (SSSR count). The Morgan fingerprint density at radius 1 is 1.32 bits per heavy atom. The van der Waals surface area contributed by atoms with Crippen LogP contribution < -0.4 is 5.32 Å². The van der Waals surface area contributed by atoms with Crippen LogP contribution in [0.3, 0.4) is 0 Å². The fraction of sp³-hybridized carbons (Fsp3) is 0.200. The predicted molar refractivity (Wildman–Crippen MR) is 77.3 cm³/mol. The van der Waals surface area contributed by atoms with Crippen LogP contribution in [0.15, 0.2) is 35.7 Å². The molecular weight excluding hydrogens is 312 g/mol. The maximum Gasteiger partial charge on any atom is 0.333 e. The monoisotopic (exact) mass is 325 g/mol. The second-order valence-electron chi connectivity index (χ2n) is 4.45. The SMILES string of the molecule is COC(=O)C(NC(=O)Cc1cccs1)c1cc(F)ccc1F. The van der Waals surface area contributed by atoms with Crippen LogP contribution in [0.5, 0.6) is 0 Å². The zero-order valence-electron chi connectivity index (χ0n) is 11.6. The number of nitrogens with one attached hydrogen (secondary N) is 1. The Balaban J connectivity index is 2.21. The van der Waals surface area contributed by atoms with Gasteiger partial charge in [-0.15, -0.1) is 11.3 Å². The van der Waals surface area contributed by atoms with E-state index in [0.29, 0.717) is 0 Å². The highest BCUT2D eigenvalue weighted by Gasteiger charge is 2.27. The Hall–Kier alpha value is -2.28. The number of amides is 1. The number of halogens is 2. The van der Waals surface area contributed by atoms with Gasteiger partial charge in [-0.2, -0.15) is 0 Å². The number of methoxy groups -OCH3 is 1. The number of hydrogen-bond acceptors (Lipinski definition) is 4. The van der Waals surface area contributed by atoms with Gasteiger partial charge in [-0.05, 0) is 29.6 Å². The van der Waals surface area contributed by atoms with E-state index in [1.807, 2.05) is 5.38 Å². The van der Waals surface area contributed by atoms with Crippen LogP contribution in [0.1, 0.15) is 16.5 Å². The second-order valence-corrected chi connectivity index (χ2v) is 5.48. The molecule has 7 heteroatoms. The van der Waals surface area contributed by atoms with Crippen LogP contribution in [0, 0.1) is 11.6 Å². The molecule has 0 aliphatic carbocycles. The molecule has 0 fully saturated rings. The van der Waals surface area contributed by atoms with Gasteiger partial charge in [0.1, 0.15) is 11.6 Å². The summed E-state index contributed by atoms with van der Waals surface area (Å²) in [6.07, 6.45) is 0.0437. The van der Waals surface area contributed by atoms with Crippen molar-refractivity contribution in [2.24, 2.45) is 0 Å². The summed E-state index contributed by atoms with van der Waals surface area (Å²) >= 11 is 1.38. The van der Waals surface area contributed by atoms with Gasteiger partial charge in [-0.3, -0.25) is 4.79 Å². The lowest BCUT2D eigenvalue weighted by Crippen LogP contribution is -2.36. The topological polar surface area (TPSA) is 55.4 Å². The van der Waals surface area contributed by atoms with Crippen LogP contribution in [0.2, 0.25) is 0 Å². The Bertz CT molecular complexity index is 673. The summed E-state index contributed by atoms with van der Waals surface area (Å²) in [7, 11) is 1.11. The van der Waals surface area contributed by atoms with Crippen LogP contribution in [0.4, 0.5) is 8.78 Å². The third kappa shape index (κ3) is 3.88. The summed E-state index contributed by atoms with van der Waals surface area (Å²) in [5, 5.41) is 4.19. The van der Waals surface area contributed by atoms with Gasteiger partial charge in [0.25, 0.3) is 0 Å². The van der Waals surface area contributed by atoms with Gasteiger partial charge in [0.2, 0.25) is 5.91 Å². The highest BCUT2D eigenvalue weighted by atomic mass is 32.1. The summed E-state index contributed by atoms with van der Waals surface area (Å²) in [5.41, 5.74) is -0.272. The van der Waals surface area contributed by atoms with Crippen molar-refractivity contribution < 1.29 is 23.1 Å². The van der Waals surface area contributed by atoms with E-state index in [4.69, 9.17) is 0 Å². The summed E-state index contributed by atoms with van der Waals surface area (Å²) in [6, 6.07) is 4.85. The lowest BCUT2D eigenvalue weighted by atomic mass is 10.1. The number of benzene rings is 1. The van der Waals surface area contributed by atoms with Crippen molar-refractivity contribution in [1.82, 2.24) is 5.32 Å². The average molecular weight is 325 g/mol. The van der Waals surface area contributed by atoms with Crippen LogP contribution in [0.25, 0.3) is 0 Å². The molecule has 1 heterocycles. The average Bonchev–Trinajstić information content (AvgIpc) is 2.99. The quantitative estimate of drug-likeness (QED) is 0.860. The zero-order chi connectivity index (χ0) is 16.1. The first-order chi connectivity index (χ1) is 10.5. The summed E-state index contributed by atoms with van der Waals surface area (Å²) in [6.45, 7) is 0. The highest BCUT2D eigenvalue weighted by molar-refractivity contribution is 7.10. The molecule has 0 saturated carbocycles. The number of thiophene rings is 1. The Labute approximate surface area is 129 Å². The molecule has 22 heavy (non-hydrogen) atoms. The molecule has 0 aliphatic heterocycles. The third-order valence-corrected chi connectivity index (χ3v) is 3.80. The van der Waals surface area contributed by atoms with E-state index in [-0.39, 0.29) is 12.0 Å². The highest BCUT2D eigenvalue weighted by Crippen LogP contribution is 2.20. The molecule has 1 amide bonds. The van der Waals surface area contributed by atoms with Crippen LogP contribution >= 0.6 is 11.3 Å². The van der Waals surface area contributed by atoms with E-state index in [2.05, 4.69) is 10.1 Å². The van der Waals surface area contributed by atoms with E-state index < -0.39 is 29.6 Å². The van der Waals surface area contributed by atoms with Gasteiger partial charge in [0.15, 0.2) is 6.04 Å². The molecular formula is C15H13F2NO3S. The first-order valence-corrected chi connectivity index (χ1v) is 7.23. The van der Waals surface area contributed by atoms with Gasteiger partial charge in [-0.25, -0.2) is 13.6 Å². The standard InChI is InChI=1S/C15H13F2NO3S/c1-21-15(20)14(11-7-9(16)4-5-12(11)17)18-13(19)8-10-3-2-6-22-10/h2-7,14H,8H2,1H3,(H,18,19). The third-order valence-electron chi connectivity index (χ3n) is 2.93. The number of esters is 1. The molecule has 0 bridgehead atoms. The van der Waals surface area contributed by atoms with Crippen LogP contribution in [-0.4, -0.2) is 19.0 Å². The van der Waals surface area contributed by atoms with Crippen molar-refractivity contribution in [1.29, 1.82) is 0 Å². The normalized spacial score (nSPS) is 11.8. The maximum atomic E-state index is 13.8. The molecule has 0 aliphatic rings. The Kier molecular flexibility index (Phi) is 5.21. The van der Waals surface area contributed by atoms with Crippen molar-refractivity contribution >= 4 is 23.2 Å². The van der Waals surface area contributed by atoms with Gasteiger partial charge in [0, 0.05) is 10.4 Å². The van der Waals surface area contributed by atoms with E-state index in [9.17, 15) is 18.4 Å². The minimum absolute atomic E-state index is 0.0437. The molecule has 1 N–H and O–H groups in total. The molecule has 4 nitrogen and oxygen atoms in total. The molecule has 1 aromatic carbocycles. The molecule has 0 radical (unpaired) electrons. The van der Waals surface area contributed by atoms with Crippen molar-refractivity contribution in [3.05, 3.63) is 57.8 Å². The van der Waals surface area contributed by atoms with Gasteiger partial charge in [0.05, 0.1) is 13.5 Å².